The summed E-state index contributed by atoms with van der Waals surface area (Å²) in [6.07, 6.45) is 4.97. The van der Waals surface area contributed by atoms with E-state index in [1.54, 1.807) is 11.3 Å². The molecular formula is C17H25N3OS. The second-order valence-corrected chi connectivity index (χ2v) is 7.39. The second kappa shape index (κ2) is 6.50. The van der Waals surface area contributed by atoms with E-state index in [4.69, 9.17) is 4.98 Å². The summed E-state index contributed by atoms with van der Waals surface area (Å²) >= 11 is 1.67. The van der Waals surface area contributed by atoms with E-state index in [1.165, 1.54) is 4.88 Å². The van der Waals surface area contributed by atoms with Gasteiger partial charge in [0, 0.05) is 17.3 Å². The van der Waals surface area contributed by atoms with Gasteiger partial charge in [0.05, 0.1) is 5.39 Å². The van der Waals surface area contributed by atoms with Crippen molar-refractivity contribution >= 4 is 21.6 Å². The van der Waals surface area contributed by atoms with Gasteiger partial charge in [-0.25, -0.2) is 4.98 Å². The van der Waals surface area contributed by atoms with Gasteiger partial charge in [0.15, 0.2) is 0 Å². The maximum atomic E-state index is 13.1. The van der Waals surface area contributed by atoms with Gasteiger partial charge in [-0.3, -0.25) is 9.36 Å². The Bertz CT molecular complexity index is 710. The maximum absolute atomic E-state index is 13.1. The van der Waals surface area contributed by atoms with Crippen molar-refractivity contribution in [1.29, 1.82) is 0 Å². The third-order valence-corrected chi connectivity index (χ3v) is 5.77. The number of piperidine rings is 1. The van der Waals surface area contributed by atoms with E-state index in [2.05, 4.69) is 31.9 Å². The van der Waals surface area contributed by atoms with E-state index in [-0.39, 0.29) is 5.56 Å². The Balaban J connectivity index is 2.11. The molecular weight excluding hydrogens is 294 g/mol. The van der Waals surface area contributed by atoms with Crippen molar-refractivity contribution < 1.29 is 0 Å². The predicted molar refractivity (Wildman–Crippen MR) is 93.0 cm³/mol. The number of likely N-dealkylation sites (tertiary alicyclic amines) is 1. The van der Waals surface area contributed by atoms with Crippen molar-refractivity contribution in [3.05, 3.63) is 27.1 Å². The van der Waals surface area contributed by atoms with E-state index in [0.29, 0.717) is 6.04 Å². The lowest BCUT2D eigenvalue weighted by Gasteiger charge is -2.31. The quantitative estimate of drug-likeness (QED) is 0.868. The van der Waals surface area contributed by atoms with Crippen LogP contribution in [0.1, 0.15) is 49.9 Å². The number of fused-ring (bicyclic) bond motifs is 1. The first-order chi connectivity index (χ1) is 10.6. The summed E-state index contributed by atoms with van der Waals surface area (Å²) < 4.78 is 2.02. The molecule has 0 N–H and O–H groups in total. The molecule has 2 aromatic rings. The molecule has 5 heteroatoms. The molecule has 1 aliphatic heterocycles. The molecule has 0 aromatic carbocycles. The van der Waals surface area contributed by atoms with Crippen LogP contribution in [0.25, 0.3) is 10.2 Å². The van der Waals surface area contributed by atoms with Crippen LogP contribution >= 0.6 is 11.3 Å². The zero-order valence-corrected chi connectivity index (χ0v) is 14.6. The number of hydrogen-bond acceptors (Lipinski definition) is 4. The summed E-state index contributed by atoms with van der Waals surface area (Å²) in [7, 11) is 2.15. The molecule has 3 rings (SSSR count). The van der Waals surface area contributed by atoms with Crippen LogP contribution in [-0.4, -0.2) is 34.6 Å². The standard InChI is InChI=1S/C17H25N3OS/c1-4-6-15-18-16-14(11-13(5-2)22-16)17(21)20(15)12-7-9-19(3)10-8-12/h11-12H,4-10H2,1-3H3. The Morgan fingerprint density at radius 3 is 2.68 bits per heavy atom. The topological polar surface area (TPSA) is 38.1 Å². The van der Waals surface area contributed by atoms with Crippen LogP contribution in [0.4, 0.5) is 0 Å². The van der Waals surface area contributed by atoms with Crippen LogP contribution in [0.15, 0.2) is 10.9 Å². The van der Waals surface area contributed by atoms with Crippen molar-refractivity contribution in [2.75, 3.05) is 20.1 Å². The third kappa shape index (κ3) is 2.84. The Kier molecular flexibility index (Phi) is 4.64. The molecule has 0 bridgehead atoms. The summed E-state index contributed by atoms with van der Waals surface area (Å²) in [6.45, 7) is 6.41. The molecule has 1 fully saturated rings. The van der Waals surface area contributed by atoms with Crippen LogP contribution in [0, 0.1) is 0 Å². The lowest BCUT2D eigenvalue weighted by atomic mass is 10.0. The average Bonchev–Trinajstić information content (AvgIpc) is 2.93. The number of nitrogens with zero attached hydrogens (tertiary/aromatic N) is 3. The van der Waals surface area contributed by atoms with Crippen molar-refractivity contribution in [1.82, 2.24) is 14.5 Å². The van der Waals surface area contributed by atoms with Crippen LogP contribution in [0.3, 0.4) is 0 Å². The van der Waals surface area contributed by atoms with Gasteiger partial charge in [0.2, 0.25) is 0 Å². The molecule has 4 nitrogen and oxygen atoms in total. The average molecular weight is 319 g/mol. The van der Waals surface area contributed by atoms with Gasteiger partial charge in [-0.1, -0.05) is 13.8 Å². The molecule has 0 spiro atoms. The van der Waals surface area contributed by atoms with Crippen LogP contribution < -0.4 is 5.56 Å². The molecule has 0 aliphatic carbocycles. The highest BCUT2D eigenvalue weighted by molar-refractivity contribution is 7.18. The summed E-state index contributed by atoms with van der Waals surface area (Å²) in [5.74, 6) is 0.985. The Morgan fingerprint density at radius 1 is 1.32 bits per heavy atom. The highest BCUT2D eigenvalue weighted by Gasteiger charge is 2.23. The minimum absolute atomic E-state index is 0.180. The molecule has 0 radical (unpaired) electrons. The molecule has 1 aliphatic rings. The molecule has 1 saturated heterocycles. The highest BCUT2D eigenvalue weighted by atomic mass is 32.1. The van der Waals surface area contributed by atoms with Gasteiger partial charge in [-0.15, -0.1) is 11.3 Å². The Morgan fingerprint density at radius 2 is 2.05 bits per heavy atom. The fourth-order valence-electron chi connectivity index (χ4n) is 3.29. The number of rotatable bonds is 4. The van der Waals surface area contributed by atoms with Crippen molar-refractivity contribution in [2.24, 2.45) is 0 Å². The SMILES string of the molecule is CCCc1nc2sc(CC)cc2c(=O)n1C1CCN(C)CC1. The zero-order chi connectivity index (χ0) is 15.7. The molecule has 0 unspecified atom stereocenters. The molecule has 2 aromatic heterocycles. The van der Waals surface area contributed by atoms with Crippen molar-refractivity contribution in [3.63, 3.8) is 0 Å². The third-order valence-electron chi connectivity index (χ3n) is 4.60. The van der Waals surface area contributed by atoms with E-state index in [0.717, 1.165) is 61.2 Å². The lowest BCUT2D eigenvalue weighted by Crippen LogP contribution is -2.37. The van der Waals surface area contributed by atoms with E-state index in [9.17, 15) is 4.79 Å². The maximum Gasteiger partial charge on any atom is 0.262 e. The van der Waals surface area contributed by atoms with Gasteiger partial charge in [-0.05, 0) is 51.9 Å². The summed E-state index contributed by atoms with van der Waals surface area (Å²) in [5.41, 5.74) is 0.180. The monoisotopic (exact) mass is 319 g/mol. The first-order valence-electron chi connectivity index (χ1n) is 8.36. The van der Waals surface area contributed by atoms with Crippen LogP contribution in [0.2, 0.25) is 0 Å². The van der Waals surface area contributed by atoms with Crippen LogP contribution in [-0.2, 0) is 12.8 Å². The van der Waals surface area contributed by atoms with Gasteiger partial charge >= 0.3 is 0 Å². The Hall–Kier alpha value is -1.20. The lowest BCUT2D eigenvalue weighted by molar-refractivity contribution is 0.215. The Labute approximate surface area is 135 Å². The normalized spacial score (nSPS) is 17.4. The number of hydrogen-bond donors (Lipinski definition) is 0. The van der Waals surface area contributed by atoms with E-state index >= 15 is 0 Å². The zero-order valence-electron chi connectivity index (χ0n) is 13.8. The molecule has 3 heterocycles. The highest BCUT2D eigenvalue weighted by Crippen LogP contribution is 2.26. The van der Waals surface area contributed by atoms with Crippen molar-refractivity contribution in [3.8, 4) is 0 Å². The van der Waals surface area contributed by atoms with Gasteiger partial charge in [0.25, 0.3) is 5.56 Å². The van der Waals surface area contributed by atoms with Gasteiger partial charge in [-0.2, -0.15) is 0 Å². The minimum Gasteiger partial charge on any atom is -0.306 e. The summed E-state index contributed by atoms with van der Waals surface area (Å²) in [6, 6.07) is 2.36. The second-order valence-electron chi connectivity index (χ2n) is 6.27. The van der Waals surface area contributed by atoms with E-state index in [1.807, 2.05) is 4.57 Å². The van der Waals surface area contributed by atoms with Crippen LogP contribution in [0.5, 0.6) is 0 Å². The fraction of sp³-hybridized carbons (Fsp3) is 0.647. The first kappa shape index (κ1) is 15.7. The first-order valence-corrected chi connectivity index (χ1v) is 9.18. The van der Waals surface area contributed by atoms with Gasteiger partial charge in [0.1, 0.15) is 10.7 Å². The molecule has 0 atom stereocenters. The molecule has 22 heavy (non-hydrogen) atoms. The number of aryl methyl sites for hydroxylation is 2. The molecule has 0 saturated carbocycles. The smallest absolute Gasteiger partial charge is 0.262 e. The summed E-state index contributed by atoms with van der Waals surface area (Å²) in [4.78, 5) is 22.4. The number of aromatic nitrogens is 2. The number of thiophene rings is 1. The van der Waals surface area contributed by atoms with Gasteiger partial charge < -0.3 is 4.90 Å². The molecule has 0 amide bonds. The van der Waals surface area contributed by atoms with E-state index < -0.39 is 0 Å². The summed E-state index contributed by atoms with van der Waals surface area (Å²) in [5, 5.41) is 0.820. The molecule has 120 valence electrons. The fourth-order valence-corrected chi connectivity index (χ4v) is 4.27. The predicted octanol–water partition coefficient (Wildman–Crippen LogP) is 3.24. The largest absolute Gasteiger partial charge is 0.306 e. The van der Waals surface area contributed by atoms with Crippen molar-refractivity contribution in [2.45, 2.75) is 52.0 Å². The minimum atomic E-state index is 0.180.